The maximum Gasteiger partial charge on any atom is 0.264 e. The Labute approximate surface area is 452 Å². The highest BCUT2D eigenvalue weighted by Gasteiger charge is 2.47. The fraction of sp³-hybridized carbons (Fsp3) is 0.286. The normalized spacial score (nSPS) is 15.6. The van der Waals surface area contributed by atoms with Crippen LogP contribution in [0.25, 0.3) is 21.2 Å². The monoisotopic (exact) mass is 998 g/mol. The zero-order valence-electron chi connectivity index (χ0n) is 46.5. The first-order chi connectivity index (χ1) is 35.6. The first kappa shape index (κ1) is 49.1. The molecule has 0 fully saturated rings. The van der Waals surface area contributed by atoms with E-state index >= 15 is 0 Å². The van der Waals surface area contributed by atoms with Gasteiger partial charge in [-0.15, -0.1) is 11.3 Å². The number of anilines is 9. The highest BCUT2D eigenvalue weighted by molar-refractivity contribution is 7.33. The van der Waals surface area contributed by atoms with E-state index in [9.17, 15) is 0 Å². The van der Waals surface area contributed by atoms with Gasteiger partial charge in [0.05, 0.1) is 17.1 Å². The number of para-hydroxylation sites is 2. The molecule has 0 unspecified atom stereocenters. The van der Waals surface area contributed by atoms with Crippen molar-refractivity contribution in [2.75, 3.05) is 14.7 Å². The molecule has 3 nitrogen and oxygen atoms in total. The van der Waals surface area contributed by atoms with Crippen LogP contribution in [0.5, 0.6) is 0 Å². The minimum absolute atomic E-state index is 0.0168. The van der Waals surface area contributed by atoms with Crippen molar-refractivity contribution in [2.45, 2.75) is 130 Å². The fourth-order valence-corrected chi connectivity index (χ4v) is 13.7. The van der Waals surface area contributed by atoms with E-state index < -0.39 is 0 Å². The van der Waals surface area contributed by atoms with Crippen molar-refractivity contribution >= 4 is 95.0 Å². The van der Waals surface area contributed by atoms with E-state index in [1.54, 1.807) is 0 Å². The Morgan fingerprint density at radius 2 is 0.987 bits per heavy atom. The molecule has 3 heterocycles. The Balaban J connectivity index is 1.27. The molecule has 0 spiro atoms. The molecule has 8 aromatic carbocycles. The molecule has 75 heavy (non-hydrogen) atoms. The number of nitrogens with zero attached hydrogens (tertiary/aromatic N) is 3. The van der Waals surface area contributed by atoms with E-state index in [-0.39, 0.29) is 33.8 Å². The summed E-state index contributed by atoms with van der Waals surface area (Å²) < 4.78 is 2.72. The lowest BCUT2D eigenvalue weighted by atomic mass is 9.36. The lowest BCUT2D eigenvalue weighted by Gasteiger charge is -2.46. The zero-order chi connectivity index (χ0) is 52.6. The molecule has 0 N–H and O–H groups in total. The van der Waals surface area contributed by atoms with Gasteiger partial charge in [-0.25, -0.2) is 0 Å². The predicted octanol–water partition coefficient (Wildman–Crippen LogP) is 18.4. The van der Waals surface area contributed by atoms with Crippen LogP contribution < -0.4 is 30.4 Å². The summed E-state index contributed by atoms with van der Waals surface area (Å²) in [6.07, 6.45) is 2.32. The zero-order valence-corrected chi connectivity index (χ0v) is 47.3. The number of hydrogen-bond donors (Lipinski definition) is 0. The number of fused-ring (bicyclic) bond motifs is 7. The first-order valence-electron chi connectivity index (χ1n) is 27.3. The Morgan fingerprint density at radius 3 is 1.59 bits per heavy atom. The molecule has 0 radical (unpaired) electrons. The summed E-state index contributed by atoms with van der Waals surface area (Å²) in [6, 6.07) is 67.7. The van der Waals surface area contributed by atoms with Crippen molar-refractivity contribution < 1.29 is 0 Å². The highest BCUT2D eigenvalue weighted by atomic mass is 32.1. The van der Waals surface area contributed by atoms with Gasteiger partial charge in [0.15, 0.2) is 0 Å². The standard InChI is InChI=1S/C70H72BN3S/c1-66(2,3)46-29-34-58(53(39-46)45-23-17-14-18-24-45)74-59-35-30-48(68(7,8)9)41-57(59)71-63-60(43-52(44-61(63)74)72(49-25-19-15-20-26-49)50-27-21-16-22-28-50)73(51-32-33-55-56(42-51)70(12,13)38-37-69(55,10)11)64-54-40-47(67(4,5)6)31-36-62(54)75-65(64)71/h14-36,39-44H,37-38H2,1-13H3. The summed E-state index contributed by atoms with van der Waals surface area (Å²) in [6.45, 7) is 30.9. The second-order valence-electron chi connectivity index (χ2n) is 26.2. The molecular weight excluding hydrogens is 926 g/mol. The Kier molecular flexibility index (Phi) is 11.4. The van der Waals surface area contributed by atoms with E-state index in [2.05, 4.69) is 281 Å². The summed E-state index contributed by atoms with van der Waals surface area (Å²) >= 11 is 2.00. The minimum Gasteiger partial charge on any atom is -0.311 e. The molecule has 12 rings (SSSR count). The number of hydrogen-bond acceptors (Lipinski definition) is 4. The third-order valence-electron chi connectivity index (χ3n) is 16.9. The molecule has 9 aromatic rings. The van der Waals surface area contributed by atoms with Gasteiger partial charge in [-0.05, 0) is 163 Å². The lowest BCUT2D eigenvalue weighted by Crippen LogP contribution is -2.60. The average molecular weight is 998 g/mol. The number of thiophene rings is 1. The maximum atomic E-state index is 2.71. The van der Waals surface area contributed by atoms with Crippen LogP contribution in [0.1, 0.15) is 131 Å². The highest BCUT2D eigenvalue weighted by Crippen LogP contribution is 2.54. The van der Waals surface area contributed by atoms with Crippen LogP contribution in [0.4, 0.5) is 51.2 Å². The van der Waals surface area contributed by atoms with Gasteiger partial charge in [-0.2, -0.15) is 0 Å². The van der Waals surface area contributed by atoms with Crippen molar-refractivity contribution in [3.8, 4) is 11.1 Å². The van der Waals surface area contributed by atoms with Crippen LogP contribution in [0.3, 0.4) is 0 Å². The van der Waals surface area contributed by atoms with Crippen LogP contribution >= 0.6 is 11.3 Å². The van der Waals surface area contributed by atoms with Crippen molar-refractivity contribution in [3.63, 3.8) is 0 Å². The van der Waals surface area contributed by atoms with Gasteiger partial charge in [0.2, 0.25) is 0 Å². The Bertz CT molecular complexity index is 3640. The SMILES string of the molecule is CC(C)(C)c1ccc2c(c1)B1c3sc4ccc(C(C)(C)C)cc4c3N(c3ccc4c(c3)C(C)(C)CCC4(C)C)c3cc(N(c4ccccc4)c4ccccc4)cc(c31)N2c1ccc(C(C)(C)C)cc1-c1ccccc1. The van der Waals surface area contributed by atoms with Crippen LogP contribution in [-0.4, -0.2) is 6.71 Å². The Hall–Kier alpha value is -6.82. The van der Waals surface area contributed by atoms with Gasteiger partial charge in [0, 0.05) is 54.6 Å². The van der Waals surface area contributed by atoms with Gasteiger partial charge < -0.3 is 14.7 Å². The summed E-state index contributed by atoms with van der Waals surface area (Å²) in [5, 5.41) is 1.32. The second-order valence-corrected chi connectivity index (χ2v) is 27.2. The quantitative estimate of drug-likeness (QED) is 0.154. The van der Waals surface area contributed by atoms with Crippen LogP contribution in [0.2, 0.25) is 0 Å². The third-order valence-corrected chi connectivity index (χ3v) is 18.2. The lowest BCUT2D eigenvalue weighted by molar-refractivity contribution is 0.332. The molecule has 0 saturated carbocycles. The van der Waals surface area contributed by atoms with E-state index in [4.69, 9.17) is 0 Å². The van der Waals surface area contributed by atoms with Gasteiger partial charge in [-0.1, -0.05) is 187 Å². The van der Waals surface area contributed by atoms with E-state index in [1.807, 2.05) is 11.3 Å². The molecule has 5 heteroatoms. The van der Waals surface area contributed by atoms with Gasteiger partial charge in [0.25, 0.3) is 6.71 Å². The maximum absolute atomic E-state index is 2.71. The summed E-state index contributed by atoms with van der Waals surface area (Å²) in [4.78, 5) is 7.83. The molecule has 2 aliphatic heterocycles. The second kappa shape index (κ2) is 17.4. The smallest absolute Gasteiger partial charge is 0.264 e. The third kappa shape index (κ3) is 8.24. The van der Waals surface area contributed by atoms with Crippen LogP contribution in [0.15, 0.2) is 176 Å². The van der Waals surface area contributed by atoms with E-state index in [0.717, 1.165) is 23.5 Å². The molecule has 0 atom stereocenters. The van der Waals surface area contributed by atoms with Crippen molar-refractivity contribution in [1.29, 1.82) is 0 Å². The predicted molar refractivity (Wildman–Crippen MR) is 327 cm³/mol. The van der Waals surface area contributed by atoms with Gasteiger partial charge >= 0.3 is 0 Å². The average Bonchev–Trinajstić information content (AvgIpc) is 3.82. The number of benzene rings is 8. The molecule has 0 amide bonds. The Morgan fingerprint density at radius 1 is 0.467 bits per heavy atom. The summed E-state index contributed by atoms with van der Waals surface area (Å²) in [5.74, 6) is 0. The molecule has 0 saturated heterocycles. The fourth-order valence-electron chi connectivity index (χ4n) is 12.4. The minimum atomic E-state index is -0.0722. The summed E-state index contributed by atoms with van der Waals surface area (Å²) in [5.41, 5.74) is 22.6. The number of rotatable bonds is 6. The topological polar surface area (TPSA) is 9.72 Å². The van der Waals surface area contributed by atoms with Crippen molar-refractivity contribution in [2.24, 2.45) is 0 Å². The molecular formula is C70H72BN3S. The first-order valence-corrected chi connectivity index (χ1v) is 28.1. The van der Waals surface area contributed by atoms with Gasteiger partial charge in [-0.3, -0.25) is 0 Å². The molecule has 1 aromatic heterocycles. The van der Waals surface area contributed by atoms with Crippen molar-refractivity contribution in [1.82, 2.24) is 0 Å². The largest absolute Gasteiger partial charge is 0.311 e. The summed E-state index contributed by atoms with van der Waals surface area (Å²) in [7, 11) is 0. The van der Waals surface area contributed by atoms with Gasteiger partial charge in [0.1, 0.15) is 0 Å². The van der Waals surface area contributed by atoms with Crippen LogP contribution in [0, 0.1) is 0 Å². The molecule has 1 aliphatic carbocycles. The van der Waals surface area contributed by atoms with Crippen LogP contribution in [-0.2, 0) is 27.1 Å². The molecule has 376 valence electrons. The van der Waals surface area contributed by atoms with E-state index in [0.29, 0.717) is 0 Å². The molecule has 0 bridgehead atoms. The van der Waals surface area contributed by atoms with Crippen molar-refractivity contribution in [3.05, 3.63) is 204 Å². The van der Waals surface area contributed by atoms with E-state index in [1.165, 1.54) is 105 Å². The molecule has 3 aliphatic rings.